The number of rotatable bonds is 8. The monoisotopic (exact) mass is 351 g/mol. The van der Waals surface area contributed by atoms with Crippen LogP contribution in [0.25, 0.3) is 0 Å². The predicted octanol–water partition coefficient (Wildman–Crippen LogP) is 2.91. The number of cyclic esters (lactones) is 1. The Kier molecular flexibility index (Phi) is 6.61. The molecule has 1 aliphatic heterocycles. The lowest BCUT2D eigenvalue weighted by molar-refractivity contribution is -0.119. The van der Waals surface area contributed by atoms with E-state index < -0.39 is 12.2 Å². The Morgan fingerprint density at radius 2 is 2.04 bits per heavy atom. The van der Waals surface area contributed by atoms with Gasteiger partial charge in [0.2, 0.25) is 5.91 Å². The summed E-state index contributed by atoms with van der Waals surface area (Å²) < 4.78 is 19.8. The minimum Gasteiger partial charge on any atom is -0.442 e. The third-order valence-corrected chi connectivity index (χ3v) is 4.02. The van der Waals surface area contributed by atoms with E-state index >= 15 is 0 Å². The SMILES string of the molecule is CCCN(CCC)c1ccc(N2CC(CNC(C)=O)OC2=O)cc1F. The number of amides is 2. The van der Waals surface area contributed by atoms with Crippen molar-refractivity contribution in [3.8, 4) is 0 Å². The number of carbonyl (C=O) groups excluding carboxylic acids is 2. The summed E-state index contributed by atoms with van der Waals surface area (Å²) in [5.41, 5.74) is 1.01. The molecule has 0 spiro atoms. The first kappa shape index (κ1) is 19.0. The van der Waals surface area contributed by atoms with E-state index in [1.807, 2.05) is 4.90 Å². The molecule has 1 heterocycles. The number of benzene rings is 1. The van der Waals surface area contributed by atoms with Crippen LogP contribution in [-0.2, 0) is 9.53 Å². The van der Waals surface area contributed by atoms with Gasteiger partial charge in [0.1, 0.15) is 11.9 Å². The fourth-order valence-corrected chi connectivity index (χ4v) is 2.91. The summed E-state index contributed by atoms with van der Waals surface area (Å²) in [6.45, 7) is 7.63. The molecule has 0 aliphatic carbocycles. The normalized spacial score (nSPS) is 16.7. The molecule has 1 N–H and O–H groups in total. The summed E-state index contributed by atoms with van der Waals surface area (Å²) in [5, 5.41) is 2.62. The maximum Gasteiger partial charge on any atom is 0.414 e. The Morgan fingerprint density at radius 3 is 2.60 bits per heavy atom. The van der Waals surface area contributed by atoms with Crippen LogP contribution in [0.1, 0.15) is 33.6 Å². The second-order valence-electron chi connectivity index (χ2n) is 6.18. The smallest absolute Gasteiger partial charge is 0.414 e. The van der Waals surface area contributed by atoms with E-state index in [2.05, 4.69) is 19.2 Å². The number of anilines is 2. The van der Waals surface area contributed by atoms with Crippen LogP contribution in [-0.4, -0.2) is 44.3 Å². The highest BCUT2D eigenvalue weighted by Crippen LogP contribution is 2.28. The predicted molar refractivity (Wildman–Crippen MR) is 95.5 cm³/mol. The highest BCUT2D eigenvalue weighted by Gasteiger charge is 2.32. The second-order valence-corrected chi connectivity index (χ2v) is 6.18. The first-order valence-corrected chi connectivity index (χ1v) is 8.73. The summed E-state index contributed by atoms with van der Waals surface area (Å²) in [4.78, 5) is 26.4. The lowest BCUT2D eigenvalue weighted by atomic mass is 10.2. The van der Waals surface area contributed by atoms with Gasteiger partial charge >= 0.3 is 6.09 Å². The average Bonchev–Trinajstić information content (AvgIpc) is 2.94. The van der Waals surface area contributed by atoms with Crippen molar-refractivity contribution in [3.05, 3.63) is 24.0 Å². The first-order valence-electron chi connectivity index (χ1n) is 8.73. The van der Waals surface area contributed by atoms with E-state index in [0.717, 1.165) is 25.9 Å². The van der Waals surface area contributed by atoms with E-state index in [9.17, 15) is 14.0 Å². The highest BCUT2D eigenvalue weighted by atomic mass is 19.1. The second kappa shape index (κ2) is 8.69. The summed E-state index contributed by atoms with van der Waals surface area (Å²) in [6, 6.07) is 4.82. The van der Waals surface area contributed by atoms with Crippen LogP contribution in [0.3, 0.4) is 0 Å². The van der Waals surface area contributed by atoms with Gasteiger partial charge in [-0.05, 0) is 31.0 Å². The minimum absolute atomic E-state index is 0.183. The summed E-state index contributed by atoms with van der Waals surface area (Å²) in [7, 11) is 0. The average molecular weight is 351 g/mol. The van der Waals surface area contributed by atoms with Crippen LogP contribution in [0.15, 0.2) is 18.2 Å². The van der Waals surface area contributed by atoms with E-state index in [0.29, 0.717) is 11.4 Å². The molecule has 1 unspecified atom stereocenters. The molecule has 1 atom stereocenters. The van der Waals surface area contributed by atoms with Gasteiger partial charge in [0.05, 0.1) is 24.5 Å². The van der Waals surface area contributed by atoms with Gasteiger partial charge in [0.15, 0.2) is 0 Å². The zero-order chi connectivity index (χ0) is 18.4. The number of hydrogen-bond donors (Lipinski definition) is 1. The molecule has 7 heteroatoms. The minimum atomic E-state index is -0.526. The van der Waals surface area contributed by atoms with Crippen LogP contribution in [0.5, 0.6) is 0 Å². The van der Waals surface area contributed by atoms with Gasteiger partial charge in [0.25, 0.3) is 0 Å². The van der Waals surface area contributed by atoms with E-state index in [1.54, 1.807) is 12.1 Å². The van der Waals surface area contributed by atoms with Gasteiger partial charge < -0.3 is 15.0 Å². The number of nitrogens with one attached hydrogen (secondary N) is 1. The fraction of sp³-hybridized carbons (Fsp3) is 0.556. The maximum atomic E-state index is 14.6. The van der Waals surface area contributed by atoms with Gasteiger partial charge in [-0.3, -0.25) is 9.69 Å². The van der Waals surface area contributed by atoms with Crippen LogP contribution < -0.4 is 15.1 Å². The van der Waals surface area contributed by atoms with Crippen molar-refractivity contribution in [3.63, 3.8) is 0 Å². The van der Waals surface area contributed by atoms with Gasteiger partial charge in [-0.2, -0.15) is 0 Å². The van der Waals surface area contributed by atoms with Crippen molar-refractivity contribution in [1.29, 1.82) is 0 Å². The molecule has 0 radical (unpaired) electrons. The zero-order valence-electron chi connectivity index (χ0n) is 15.0. The molecule has 1 aliphatic rings. The maximum absolute atomic E-state index is 14.6. The molecule has 6 nitrogen and oxygen atoms in total. The summed E-state index contributed by atoms with van der Waals surface area (Å²) >= 11 is 0. The van der Waals surface area contributed by atoms with Crippen molar-refractivity contribution < 1.29 is 18.7 Å². The Hall–Kier alpha value is -2.31. The van der Waals surface area contributed by atoms with E-state index in [4.69, 9.17) is 4.74 Å². The Bertz CT molecular complexity index is 618. The molecule has 0 saturated carbocycles. The van der Waals surface area contributed by atoms with Gasteiger partial charge in [0, 0.05) is 20.0 Å². The van der Waals surface area contributed by atoms with Crippen molar-refractivity contribution in [2.45, 2.75) is 39.7 Å². The molecule has 25 heavy (non-hydrogen) atoms. The molecule has 2 amide bonds. The van der Waals surface area contributed by atoms with Crippen molar-refractivity contribution >= 4 is 23.4 Å². The number of carbonyl (C=O) groups is 2. The molecule has 138 valence electrons. The fourth-order valence-electron chi connectivity index (χ4n) is 2.91. The van der Waals surface area contributed by atoms with Crippen molar-refractivity contribution in [2.75, 3.05) is 36.0 Å². The Morgan fingerprint density at radius 1 is 1.36 bits per heavy atom. The number of hydrogen-bond acceptors (Lipinski definition) is 4. The number of halogens is 1. The van der Waals surface area contributed by atoms with Gasteiger partial charge in [-0.1, -0.05) is 13.8 Å². The molecule has 0 aromatic heterocycles. The Balaban J connectivity index is 2.11. The molecule has 1 saturated heterocycles. The van der Waals surface area contributed by atoms with E-state index in [-0.39, 0.29) is 24.8 Å². The van der Waals surface area contributed by atoms with Gasteiger partial charge in [-0.15, -0.1) is 0 Å². The highest BCUT2D eigenvalue weighted by molar-refractivity contribution is 5.90. The first-order chi connectivity index (χ1) is 12.0. The molecular weight excluding hydrogens is 325 g/mol. The van der Waals surface area contributed by atoms with Crippen molar-refractivity contribution in [2.24, 2.45) is 0 Å². The van der Waals surface area contributed by atoms with Crippen LogP contribution in [0.2, 0.25) is 0 Å². The standard InChI is InChI=1S/C18H26FN3O3/c1-4-8-21(9-5-2)17-7-6-14(10-16(17)19)22-12-15(25-18(22)24)11-20-13(3)23/h6-7,10,15H,4-5,8-9,11-12H2,1-3H3,(H,20,23). The molecular formula is C18H26FN3O3. The summed E-state index contributed by atoms with van der Waals surface area (Å²) in [6.07, 6.45) is 0.909. The molecule has 1 aromatic rings. The summed E-state index contributed by atoms with van der Waals surface area (Å²) in [5.74, 6) is -0.533. The zero-order valence-corrected chi connectivity index (χ0v) is 15.0. The largest absolute Gasteiger partial charge is 0.442 e. The quantitative estimate of drug-likeness (QED) is 0.782. The topological polar surface area (TPSA) is 61.9 Å². The molecule has 1 fully saturated rings. The number of ether oxygens (including phenoxy) is 1. The Labute approximate surface area is 147 Å². The van der Waals surface area contributed by atoms with Gasteiger partial charge in [-0.25, -0.2) is 9.18 Å². The lowest BCUT2D eigenvalue weighted by Gasteiger charge is -2.25. The van der Waals surface area contributed by atoms with Crippen LogP contribution >= 0.6 is 0 Å². The van der Waals surface area contributed by atoms with Crippen LogP contribution in [0.4, 0.5) is 20.6 Å². The van der Waals surface area contributed by atoms with E-state index in [1.165, 1.54) is 17.9 Å². The van der Waals surface area contributed by atoms with Crippen LogP contribution in [0, 0.1) is 5.82 Å². The lowest BCUT2D eigenvalue weighted by Crippen LogP contribution is -2.33. The number of nitrogens with zero attached hydrogens (tertiary/aromatic N) is 2. The molecule has 0 bridgehead atoms. The third kappa shape index (κ3) is 4.84. The molecule has 1 aromatic carbocycles. The van der Waals surface area contributed by atoms with Crippen molar-refractivity contribution in [1.82, 2.24) is 5.32 Å². The molecule has 2 rings (SSSR count). The third-order valence-electron chi connectivity index (χ3n) is 4.02.